The number of fused-ring (bicyclic) bond motifs is 1. The molecule has 0 spiro atoms. The molecule has 168 valence electrons. The number of hydrogen-bond donors (Lipinski definition) is 0. The summed E-state index contributed by atoms with van der Waals surface area (Å²) >= 11 is 0. The van der Waals surface area contributed by atoms with Gasteiger partial charge in [0.05, 0.1) is 23.8 Å². The number of rotatable bonds is 7. The molecule has 1 aromatic heterocycles. The first kappa shape index (κ1) is 22.1. The number of benzene rings is 2. The third-order valence-electron chi connectivity index (χ3n) is 6.40. The van der Waals surface area contributed by atoms with Crippen LogP contribution in [-0.2, 0) is 17.8 Å². The highest BCUT2D eigenvalue weighted by atomic mass is 16.5. The van der Waals surface area contributed by atoms with Crippen LogP contribution < -0.4 is 10.3 Å². The van der Waals surface area contributed by atoms with E-state index in [1.54, 1.807) is 6.07 Å². The fraction of sp³-hybridized carbons (Fsp3) is 0.423. The number of amides is 1. The van der Waals surface area contributed by atoms with E-state index in [9.17, 15) is 9.59 Å². The molecule has 1 aliphatic rings. The molecular formula is C26H31N3O3. The van der Waals surface area contributed by atoms with Gasteiger partial charge in [-0.05, 0) is 74.8 Å². The van der Waals surface area contributed by atoms with Gasteiger partial charge in [0.2, 0.25) is 5.91 Å². The van der Waals surface area contributed by atoms with E-state index in [0.717, 1.165) is 50.1 Å². The van der Waals surface area contributed by atoms with Gasteiger partial charge in [-0.2, -0.15) is 0 Å². The Labute approximate surface area is 188 Å². The highest BCUT2D eigenvalue weighted by molar-refractivity contribution is 5.81. The van der Waals surface area contributed by atoms with Crippen molar-refractivity contribution in [1.29, 1.82) is 0 Å². The molecule has 0 aliphatic carbocycles. The van der Waals surface area contributed by atoms with Crippen LogP contribution in [0.3, 0.4) is 0 Å². The van der Waals surface area contributed by atoms with E-state index in [1.807, 2.05) is 43.0 Å². The second-order valence-corrected chi connectivity index (χ2v) is 8.59. The second-order valence-electron chi connectivity index (χ2n) is 8.59. The van der Waals surface area contributed by atoms with Gasteiger partial charge in [-0.1, -0.05) is 24.3 Å². The molecule has 2 heterocycles. The largest absolute Gasteiger partial charge is 0.494 e. The van der Waals surface area contributed by atoms with Crippen LogP contribution in [0.2, 0.25) is 0 Å². The van der Waals surface area contributed by atoms with Crippen molar-refractivity contribution < 1.29 is 9.53 Å². The topological polar surface area (TPSA) is 64.4 Å². The van der Waals surface area contributed by atoms with E-state index < -0.39 is 0 Å². The Morgan fingerprint density at radius 1 is 1.12 bits per heavy atom. The minimum Gasteiger partial charge on any atom is -0.494 e. The normalized spacial score (nSPS) is 14.6. The first-order valence-electron chi connectivity index (χ1n) is 11.5. The molecule has 0 N–H and O–H groups in total. The summed E-state index contributed by atoms with van der Waals surface area (Å²) in [4.78, 5) is 31.9. The van der Waals surface area contributed by atoms with E-state index in [-0.39, 0.29) is 18.0 Å². The van der Waals surface area contributed by atoms with E-state index >= 15 is 0 Å². The number of hydrogen-bond acceptors (Lipinski definition) is 4. The molecule has 6 nitrogen and oxygen atoms in total. The Hall–Kier alpha value is -3.15. The molecule has 32 heavy (non-hydrogen) atoms. The summed E-state index contributed by atoms with van der Waals surface area (Å²) in [6.45, 7) is 6.16. The lowest BCUT2D eigenvalue weighted by atomic mass is 9.90. The van der Waals surface area contributed by atoms with Gasteiger partial charge < -0.3 is 9.64 Å². The smallest absolute Gasteiger partial charge is 0.261 e. The maximum Gasteiger partial charge on any atom is 0.261 e. The summed E-state index contributed by atoms with van der Waals surface area (Å²) < 4.78 is 6.94. The fourth-order valence-electron chi connectivity index (χ4n) is 4.46. The third kappa shape index (κ3) is 5.01. The van der Waals surface area contributed by atoms with Crippen molar-refractivity contribution in [3.05, 3.63) is 70.3 Å². The average molecular weight is 434 g/mol. The molecule has 0 bridgehead atoms. The van der Waals surface area contributed by atoms with Gasteiger partial charge >= 0.3 is 0 Å². The third-order valence-corrected chi connectivity index (χ3v) is 6.40. The zero-order valence-corrected chi connectivity index (χ0v) is 18.9. The molecular weight excluding hydrogens is 402 g/mol. The number of para-hydroxylation sites is 1. The molecule has 1 aliphatic heterocycles. The first-order valence-corrected chi connectivity index (χ1v) is 11.5. The van der Waals surface area contributed by atoms with Crippen LogP contribution in [0.5, 0.6) is 5.75 Å². The molecule has 0 atom stereocenters. The Bertz CT molecular complexity index is 1130. The molecule has 6 heteroatoms. The zero-order chi connectivity index (χ0) is 22.5. The quantitative estimate of drug-likeness (QED) is 0.565. The first-order chi connectivity index (χ1) is 15.5. The van der Waals surface area contributed by atoms with Crippen LogP contribution in [-0.4, -0.2) is 40.1 Å². The Morgan fingerprint density at radius 2 is 1.88 bits per heavy atom. The molecule has 2 aromatic carbocycles. The Kier molecular flexibility index (Phi) is 6.88. The summed E-state index contributed by atoms with van der Waals surface area (Å²) in [7, 11) is 0. The van der Waals surface area contributed by atoms with Gasteiger partial charge in [-0.3, -0.25) is 14.2 Å². The summed E-state index contributed by atoms with van der Waals surface area (Å²) in [6.07, 6.45) is 5.69. The fourth-order valence-corrected chi connectivity index (χ4v) is 4.46. The molecule has 0 radical (unpaired) electrons. The molecule has 1 amide bonds. The number of carbonyl (C=O) groups excluding carboxylic acids is 1. The van der Waals surface area contributed by atoms with Crippen LogP contribution in [0.4, 0.5) is 0 Å². The van der Waals surface area contributed by atoms with Gasteiger partial charge in [0.25, 0.3) is 5.56 Å². The molecule has 3 aromatic rings. The van der Waals surface area contributed by atoms with E-state index in [1.165, 1.54) is 16.5 Å². The van der Waals surface area contributed by atoms with Crippen molar-refractivity contribution >= 4 is 16.8 Å². The van der Waals surface area contributed by atoms with Crippen molar-refractivity contribution in [2.24, 2.45) is 5.92 Å². The van der Waals surface area contributed by atoms with Crippen LogP contribution in [0.1, 0.15) is 37.3 Å². The summed E-state index contributed by atoms with van der Waals surface area (Å²) in [6, 6.07) is 13.9. The maximum atomic E-state index is 12.8. The predicted molar refractivity (Wildman–Crippen MR) is 126 cm³/mol. The monoisotopic (exact) mass is 433 g/mol. The van der Waals surface area contributed by atoms with Crippen molar-refractivity contribution in [3.63, 3.8) is 0 Å². The predicted octanol–water partition coefficient (Wildman–Crippen LogP) is 3.98. The number of aryl methyl sites for hydroxylation is 2. The van der Waals surface area contributed by atoms with Gasteiger partial charge in [0.1, 0.15) is 12.3 Å². The second kappa shape index (κ2) is 9.98. The lowest BCUT2D eigenvalue weighted by Crippen LogP contribution is -2.41. The van der Waals surface area contributed by atoms with Crippen molar-refractivity contribution in [1.82, 2.24) is 14.5 Å². The molecule has 0 unspecified atom stereocenters. The minimum atomic E-state index is -0.155. The van der Waals surface area contributed by atoms with E-state index in [0.29, 0.717) is 23.4 Å². The number of piperidine rings is 1. The van der Waals surface area contributed by atoms with Gasteiger partial charge in [-0.15, -0.1) is 0 Å². The minimum absolute atomic E-state index is 0.00846. The number of nitrogens with zero attached hydrogens (tertiary/aromatic N) is 3. The van der Waals surface area contributed by atoms with E-state index in [2.05, 4.69) is 17.1 Å². The SMILES string of the molecule is CCOc1ccc(CCC2CCN(C(=O)Cn3cnc4c(C)cccc4c3=O)CC2)cc1. The molecule has 0 saturated carbocycles. The number of aromatic nitrogens is 2. The lowest BCUT2D eigenvalue weighted by molar-refractivity contribution is -0.133. The highest BCUT2D eigenvalue weighted by Crippen LogP contribution is 2.23. The van der Waals surface area contributed by atoms with Crippen molar-refractivity contribution in [2.75, 3.05) is 19.7 Å². The Morgan fingerprint density at radius 3 is 2.59 bits per heavy atom. The van der Waals surface area contributed by atoms with Gasteiger partial charge in [0, 0.05) is 13.1 Å². The lowest BCUT2D eigenvalue weighted by Gasteiger charge is -2.32. The molecule has 1 fully saturated rings. The molecule has 4 rings (SSSR count). The van der Waals surface area contributed by atoms with Crippen LogP contribution in [0, 0.1) is 12.8 Å². The van der Waals surface area contributed by atoms with Crippen LogP contribution >= 0.6 is 0 Å². The number of carbonyl (C=O) groups is 1. The Balaban J connectivity index is 1.29. The number of likely N-dealkylation sites (tertiary alicyclic amines) is 1. The van der Waals surface area contributed by atoms with Crippen molar-refractivity contribution in [3.8, 4) is 5.75 Å². The summed E-state index contributed by atoms with van der Waals surface area (Å²) in [5.41, 5.74) is 2.84. The van der Waals surface area contributed by atoms with Crippen molar-refractivity contribution in [2.45, 2.75) is 46.1 Å². The highest BCUT2D eigenvalue weighted by Gasteiger charge is 2.23. The zero-order valence-electron chi connectivity index (χ0n) is 18.9. The summed E-state index contributed by atoms with van der Waals surface area (Å²) in [5, 5.41) is 0.563. The van der Waals surface area contributed by atoms with Crippen LogP contribution in [0.15, 0.2) is 53.6 Å². The van der Waals surface area contributed by atoms with Gasteiger partial charge in [-0.25, -0.2) is 4.98 Å². The van der Waals surface area contributed by atoms with Gasteiger partial charge in [0.15, 0.2) is 0 Å². The summed E-state index contributed by atoms with van der Waals surface area (Å²) in [5.74, 6) is 1.53. The number of ether oxygens (including phenoxy) is 1. The average Bonchev–Trinajstić information content (AvgIpc) is 2.81. The van der Waals surface area contributed by atoms with E-state index in [4.69, 9.17) is 4.74 Å². The van der Waals surface area contributed by atoms with Crippen LogP contribution in [0.25, 0.3) is 10.9 Å². The standard InChI is InChI=1S/C26H31N3O3/c1-3-32-22-11-9-20(10-12-22)7-8-21-13-15-28(16-14-21)24(30)17-29-18-27-25-19(2)5-4-6-23(25)26(29)31/h4-6,9-12,18,21H,3,7-8,13-17H2,1-2H3. The molecule has 1 saturated heterocycles. The maximum absolute atomic E-state index is 12.8.